The van der Waals surface area contributed by atoms with Crippen LogP contribution in [0.3, 0.4) is 0 Å². The van der Waals surface area contributed by atoms with Crippen LogP contribution in [-0.4, -0.2) is 17.7 Å². The van der Waals surface area contributed by atoms with Crippen molar-refractivity contribution in [3.63, 3.8) is 0 Å². The van der Waals surface area contributed by atoms with E-state index in [-0.39, 0.29) is 6.61 Å². The minimum Gasteiger partial charge on any atom is -0.392 e. The highest BCUT2D eigenvalue weighted by Gasteiger charge is 2.12. The fraction of sp³-hybridized carbons (Fsp3) is 0.400. The number of hydrogen-bond donors (Lipinski definition) is 3. The third-order valence-corrected chi connectivity index (χ3v) is 2.27. The Kier molecular flexibility index (Phi) is 2.10. The first-order chi connectivity index (χ1) is 6.29. The van der Waals surface area contributed by atoms with Crippen LogP contribution in [0, 0.1) is 0 Å². The summed E-state index contributed by atoms with van der Waals surface area (Å²) in [7, 11) is 0. The number of anilines is 2. The average Bonchev–Trinajstić information content (AvgIpc) is 2.16. The number of nitrogens with one attached hydrogen (secondary N) is 2. The molecule has 0 aliphatic carbocycles. The van der Waals surface area contributed by atoms with Crippen LogP contribution in [0.2, 0.25) is 0 Å². The molecule has 0 amide bonds. The largest absolute Gasteiger partial charge is 0.392 e. The Morgan fingerprint density at radius 2 is 2.31 bits per heavy atom. The van der Waals surface area contributed by atoms with E-state index in [9.17, 15) is 0 Å². The van der Waals surface area contributed by atoms with Crippen LogP contribution in [0.25, 0.3) is 0 Å². The monoisotopic (exact) mass is 178 g/mol. The second kappa shape index (κ2) is 3.26. The lowest BCUT2D eigenvalue weighted by atomic mass is 10.1. The zero-order valence-electron chi connectivity index (χ0n) is 7.67. The quantitative estimate of drug-likeness (QED) is 0.609. The van der Waals surface area contributed by atoms with Crippen LogP contribution in [0.15, 0.2) is 18.2 Å². The van der Waals surface area contributed by atoms with Crippen molar-refractivity contribution in [3.8, 4) is 0 Å². The van der Waals surface area contributed by atoms with Gasteiger partial charge in [-0.3, -0.25) is 0 Å². The molecule has 3 N–H and O–H groups in total. The van der Waals surface area contributed by atoms with Gasteiger partial charge in [0.2, 0.25) is 0 Å². The molecule has 1 heterocycles. The molecule has 70 valence electrons. The van der Waals surface area contributed by atoms with E-state index in [4.69, 9.17) is 5.11 Å². The summed E-state index contributed by atoms with van der Waals surface area (Å²) in [5.74, 6) is 0. The third kappa shape index (κ3) is 1.60. The predicted octanol–water partition coefficient (Wildman–Crippen LogP) is 1.40. The lowest BCUT2D eigenvalue weighted by Crippen LogP contribution is -2.30. The van der Waals surface area contributed by atoms with Crippen molar-refractivity contribution in [2.75, 3.05) is 17.2 Å². The predicted molar refractivity (Wildman–Crippen MR) is 53.9 cm³/mol. The molecule has 0 saturated heterocycles. The maximum absolute atomic E-state index is 8.96. The van der Waals surface area contributed by atoms with Crippen molar-refractivity contribution in [1.29, 1.82) is 0 Å². The Morgan fingerprint density at radius 1 is 1.46 bits per heavy atom. The number of fused-ring (bicyclic) bond motifs is 1. The summed E-state index contributed by atoms with van der Waals surface area (Å²) in [5.41, 5.74) is 3.16. The molecule has 0 unspecified atom stereocenters. The van der Waals surface area contributed by atoms with E-state index in [1.165, 1.54) is 0 Å². The van der Waals surface area contributed by atoms with E-state index in [1.54, 1.807) is 0 Å². The van der Waals surface area contributed by atoms with Gasteiger partial charge in [0.15, 0.2) is 0 Å². The molecule has 13 heavy (non-hydrogen) atoms. The molecular weight excluding hydrogens is 164 g/mol. The zero-order chi connectivity index (χ0) is 9.26. The second-order valence-corrected chi connectivity index (χ2v) is 3.46. The summed E-state index contributed by atoms with van der Waals surface area (Å²) in [4.78, 5) is 0. The average molecular weight is 178 g/mol. The zero-order valence-corrected chi connectivity index (χ0v) is 7.67. The SMILES string of the molecule is C[C@H]1CNc2ccc(CO)cc2N1. The topological polar surface area (TPSA) is 44.3 Å². The van der Waals surface area contributed by atoms with E-state index < -0.39 is 0 Å². The van der Waals surface area contributed by atoms with Gasteiger partial charge < -0.3 is 15.7 Å². The van der Waals surface area contributed by atoms with Crippen molar-refractivity contribution in [2.24, 2.45) is 0 Å². The van der Waals surface area contributed by atoms with Gasteiger partial charge in [0.1, 0.15) is 0 Å². The van der Waals surface area contributed by atoms with Crippen molar-refractivity contribution in [3.05, 3.63) is 23.8 Å². The van der Waals surface area contributed by atoms with Gasteiger partial charge in [0, 0.05) is 12.6 Å². The van der Waals surface area contributed by atoms with Gasteiger partial charge in [-0.1, -0.05) is 6.07 Å². The van der Waals surface area contributed by atoms with E-state index in [0.29, 0.717) is 6.04 Å². The summed E-state index contributed by atoms with van der Waals surface area (Å²) in [6.07, 6.45) is 0. The number of hydrogen-bond acceptors (Lipinski definition) is 3. The first-order valence-corrected chi connectivity index (χ1v) is 4.54. The molecule has 1 atom stereocenters. The highest BCUT2D eigenvalue weighted by Crippen LogP contribution is 2.26. The van der Waals surface area contributed by atoms with Crippen LogP contribution in [0.1, 0.15) is 12.5 Å². The Morgan fingerprint density at radius 3 is 3.08 bits per heavy atom. The van der Waals surface area contributed by atoms with E-state index >= 15 is 0 Å². The van der Waals surface area contributed by atoms with Crippen LogP contribution in [0.5, 0.6) is 0 Å². The molecule has 1 aliphatic heterocycles. The van der Waals surface area contributed by atoms with Crippen molar-refractivity contribution < 1.29 is 5.11 Å². The Balaban J connectivity index is 2.32. The normalized spacial score (nSPS) is 20.0. The molecule has 2 rings (SSSR count). The first kappa shape index (κ1) is 8.38. The molecule has 0 bridgehead atoms. The molecule has 0 radical (unpaired) electrons. The molecule has 3 heteroatoms. The number of benzene rings is 1. The summed E-state index contributed by atoms with van der Waals surface area (Å²) < 4.78 is 0. The molecule has 0 saturated carbocycles. The highest BCUT2D eigenvalue weighted by atomic mass is 16.3. The Hall–Kier alpha value is -1.22. The molecule has 0 spiro atoms. The van der Waals surface area contributed by atoms with Crippen LogP contribution >= 0.6 is 0 Å². The van der Waals surface area contributed by atoms with Gasteiger partial charge in [0.05, 0.1) is 18.0 Å². The van der Waals surface area contributed by atoms with E-state index in [1.807, 2.05) is 18.2 Å². The summed E-state index contributed by atoms with van der Waals surface area (Å²) in [5, 5.41) is 15.6. The van der Waals surface area contributed by atoms with Gasteiger partial charge in [-0.25, -0.2) is 0 Å². The van der Waals surface area contributed by atoms with Crippen molar-refractivity contribution in [2.45, 2.75) is 19.6 Å². The van der Waals surface area contributed by atoms with Crippen molar-refractivity contribution >= 4 is 11.4 Å². The third-order valence-electron chi connectivity index (χ3n) is 2.27. The first-order valence-electron chi connectivity index (χ1n) is 4.54. The van der Waals surface area contributed by atoms with Crippen LogP contribution in [-0.2, 0) is 6.61 Å². The minimum absolute atomic E-state index is 0.101. The minimum atomic E-state index is 0.101. The van der Waals surface area contributed by atoms with Crippen LogP contribution < -0.4 is 10.6 Å². The molecule has 1 aromatic carbocycles. The fourth-order valence-electron chi connectivity index (χ4n) is 1.54. The van der Waals surface area contributed by atoms with Gasteiger partial charge in [0.25, 0.3) is 0 Å². The van der Waals surface area contributed by atoms with E-state index in [0.717, 1.165) is 23.5 Å². The van der Waals surface area contributed by atoms with E-state index in [2.05, 4.69) is 17.6 Å². The fourth-order valence-corrected chi connectivity index (χ4v) is 1.54. The molecule has 1 aliphatic rings. The maximum atomic E-state index is 8.96. The second-order valence-electron chi connectivity index (χ2n) is 3.46. The summed E-state index contributed by atoms with van der Waals surface area (Å²) in [6, 6.07) is 6.36. The summed E-state index contributed by atoms with van der Waals surface area (Å²) in [6.45, 7) is 3.18. The lowest BCUT2D eigenvalue weighted by Gasteiger charge is -2.26. The lowest BCUT2D eigenvalue weighted by molar-refractivity contribution is 0.282. The number of aliphatic hydroxyl groups is 1. The van der Waals surface area contributed by atoms with Crippen molar-refractivity contribution in [1.82, 2.24) is 0 Å². The highest BCUT2D eigenvalue weighted by molar-refractivity contribution is 5.72. The van der Waals surface area contributed by atoms with Gasteiger partial charge in [-0.05, 0) is 24.6 Å². The van der Waals surface area contributed by atoms with Gasteiger partial charge in [-0.15, -0.1) is 0 Å². The molecular formula is C10H14N2O. The molecule has 0 fully saturated rings. The standard InChI is InChI=1S/C10H14N2O/c1-7-5-11-9-3-2-8(6-13)4-10(9)12-7/h2-4,7,11-13H,5-6H2,1H3/t7-/m0/s1. The number of aliphatic hydroxyl groups excluding tert-OH is 1. The smallest absolute Gasteiger partial charge is 0.0682 e. The van der Waals surface area contributed by atoms with Crippen LogP contribution in [0.4, 0.5) is 11.4 Å². The number of rotatable bonds is 1. The Bertz CT molecular complexity index is 312. The summed E-state index contributed by atoms with van der Waals surface area (Å²) >= 11 is 0. The Labute approximate surface area is 77.8 Å². The van der Waals surface area contributed by atoms with Gasteiger partial charge in [-0.2, -0.15) is 0 Å². The molecule has 0 aromatic heterocycles. The molecule has 3 nitrogen and oxygen atoms in total. The maximum Gasteiger partial charge on any atom is 0.0682 e. The van der Waals surface area contributed by atoms with Gasteiger partial charge >= 0.3 is 0 Å². The molecule has 1 aromatic rings.